The highest BCUT2D eigenvalue weighted by Gasteiger charge is 2.33. The van der Waals surface area contributed by atoms with Gasteiger partial charge in [0.15, 0.2) is 18.1 Å². The van der Waals surface area contributed by atoms with Crippen LogP contribution in [0.25, 0.3) is 0 Å². The van der Waals surface area contributed by atoms with E-state index in [0.717, 1.165) is 25.0 Å². The highest BCUT2D eigenvalue weighted by atomic mass is 19.1. The van der Waals surface area contributed by atoms with Crippen LogP contribution in [0.1, 0.15) is 19.3 Å². The molecular formula is C21H22F2N2O4. The lowest BCUT2D eigenvalue weighted by Crippen LogP contribution is -2.38. The van der Waals surface area contributed by atoms with Crippen molar-refractivity contribution in [1.29, 1.82) is 0 Å². The summed E-state index contributed by atoms with van der Waals surface area (Å²) in [5.74, 6) is -1.56. The lowest BCUT2D eigenvalue weighted by Gasteiger charge is -2.22. The van der Waals surface area contributed by atoms with Crippen molar-refractivity contribution in [1.82, 2.24) is 4.90 Å². The fraction of sp³-hybridized carbons (Fsp3) is 0.333. The van der Waals surface area contributed by atoms with Crippen LogP contribution in [0.15, 0.2) is 42.5 Å². The molecule has 0 unspecified atom stereocenters. The number of hydrogen-bond acceptors (Lipinski definition) is 4. The largest absolute Gasteiger partial charge is 0.493 e. The zero-order valence-corrected chi connectivity index (χ0v) is 16.0. The first-order valence-electron chi connectivity index (χ1n) is 9.28. The molecule has 0 bridgehead atoms. The SMILES string of the molecule is COc1ccccc1OCC(=O)N(CCC(=O)Nc1c(F)cccc1F)C1CC1. The highest BCUT2D eigenvalue weighted by molar-refractivity contribution is 5.91. The average molecular weight is 404 g/mol. The molecule has 1 N–H and O–H groups in total. The fourth-order valence-electron chi connectivity index (χ4n) is 2.90. The Morgan fingerprint density at radius 2 is 1.72 bits per heavy atom. The first kappa shape index (κ1) is 20.6. The van der Waals surface area contributed by atoms with E-state index in [1.807, 2.05) is 0 Å². The van der Waals surface area contributed by atoms with E-state index in [-0.39, 0.29) is 31.5 Å². The number of carbonyl (C=O) groups excluding carboxylic acids is 2. The van der Waals surface area contributed by atoms with Gasteiger partial charge in [0.25, 0.3) is 5.91 Å². The Kier molecular flexibility index (Phi) is 6.64. The number of hydrogen-bond donors (Lipinski definition) is 1. The third-order valence-electron chi connectivity index (χ3n) is 4.54. The zero-order chi connectivity index (χ0) is 20.8. The standard InChI is InChI=1S/C21H22F2N2O4/c1-28-17-7-2-3-8-18(17)29-13-20(27)25(14-9-10-14)12-11-19(26)24-21-15(22)5-4-6-16(21)23/h2-8,14H,9-13H2,1H3,(H,24,26). The van der Waals surface area contributed by atoms with Crippen molar-refractivity contribution in [2.75, 3.05) is 25.6 Å². The van der Waals surface area contributed by atoms with Gasteiger partial charge in [-0.15, -0.1) is 0 Å². The molecule has 1 aliphatic rings. The van der Waals surface area contributed by atoms with Crippen LogP contribution in [0.4, 0.5) is 14.5 Å². The maximum atomic E-state index is 13.7. The Balaban J connectivity index is 1.54. The minimum absolute atomic E-state index is 0.0572. The molecule has 154 valence electrons. The number of nitrogens with one attached hydrogen (secondary N) is 1. The Labute approximate surface area is 167 Å². The van der Waals surface area contributed by atoms with Gasteiger partial charge in [0.2, 0.25) is 5.91 Å². The monoisotopic (exact) mass is 404 g/mol. The molecule has 1 saturated carbocycles. The number of amides is 2. The van der Waals surface area contributed by atoms with Crippen LogP contribution in [-0.2, 0) is 9.59 Å². The van der Waals surface area contributed by atoms with Gasteiger partial charge >= 0.3 is 0 Å². The highest BCUT2D eigenvalue weighted by Crippen LogP contribution is 2.29. The second kappa shape index (κ2) is 9.36. The molecule has 2 amide bonds. The van der Waals surface area contributed by atoms with Crippen LogP contribution in [0.2, 0.25) is 0 Å². The number of anilines is 1. The van der Waals surface area contributed by atoms with E-state index in [0.29, 0.717) is 11.5 Å². The number of benzene rings is 2. The van der Waals surface area contributed by atoms with E-state index in [9.17, 15) is 18.4 Å². The van der Waals surface area contributed by atoms with Gasteiger partial charge in [-0.3, -0.25) is 9.59 Å². The summed E-state index contributed by atoms with van der Waals surface area (Å²) in [5.41, 5.74) is -0.485. The Hall–Kier alpha value is -3.16. The minimum atomic E-state index is -0.848. The Morgan fingerprint density at radius 1 is 1.07 bits per heavy atom. The third-order valence-corrected chi connectivity index (χ3v) is 4.54. The lowest BCUT2D eigenvalue weighted by atomic mass is 10.2. The molecule has 1 aliphatic carbocycles. The van der Waals surface area contributed by atoms with Crippen LogP contribution in [0.5, 0.6) is 11.5 Å². The van der Waals surface area contributed by atoms with E-state index in [4.69, 9.17) is 9.47 Å². The normalized spacial score (nSPS) is 12.9. The topological polar surface area (TPSA) is 67.9 Å². The van der Waals surface area contributed by atoms with E-state index in [1.54, 1.807) is 29.2 Å². The molecule has 0 atom stereocenters. The summed E-state index contributed by atoms with van der Waals surface area (Å²) < 4.78 is 38.1. The zero-order valence-electron chi connectivity index (χ0n) is 16.0. The van der Waals surface area contributed by atoms with Crippen molar-refractivity contribution in [3.63, 3.8) is 0 Å². The van der Waals surface area contributed by atoms with Crippen LogP contribution in [0.3, 0.4) is 0 Å². The number of halogens is 2. The summed E-state index contributed by atoms with van der Waals surface area (Å²) in [7, 11) is 1.51. The molecule has 0 aliphatic heterocycles. The predicted molar refractivity (Wildman–Crippen MR) is 103 cm³/mol. The molecule has 6 nitrogen and oxygen atoms in total. The van der Waals surface area contributed by atoms with E-state index >= 15 is 0 Å². The second-order valence-corrected chi connectivity index (χ2v) is 6.65. The third kappa shape index (κ3) is 5.43. The summed E-state index contributed by atoms with van der Waals surface area (Å²) in [6, 6.07) is 10.4. The molecule has 1 fully saturated rings. The van der Waals surface area contributed by atoms with E-state index in [2.05, 4.69) is 5.32 Å². The van der Waals surface area contributed by atoms with Crippen LogP contribution in [-0.4, -0.2) is 43.0 Å². The summed E-state index contributed by atoms with van der Waals surface area (Å²) >= 11 is 0. The average Bonchev–Trinajstić information content (AvgIpc) is 3.55. The Bertz CT molecular complexity index is 866. The van der Waals surface area contributed by atoms with Crippen molar-refractivity contribution < 1.29 is 27.8 Å². The van der Waals surface area contributed by atoms with Crippen LogP contribution in [0, 0.1) is 11.6 Å². The first-order chi connectivity index (χ1) is 14.0. The van der Waals surface area contributed by atoms with Gasteiger partial charge in [0.1, 0.15) is 17.3 Å². The van der Waals surface area contributed by atoms with Gasteiger partial charge in [-0.1, -0.05) is 18.2 Å². The quantitative estimate of drug-likeness (QED) is 0.696. The number of rotatable bonds is 9. The molecule has 0 heterocycles. The van der Waals surface area contributed by atoms with Crippen molar-refractivity contribution in [2.45, 2.75) is 25.3 Å². The van der Waals surface area contributed by atoms with Gasteiger partial charge in [-0.25, -0.2) is 8.78 Å². The van der Waals surface area contributed by atoms with Crippen LogP contribution >= 0.6 is 0 Å². The predicted octanol–water partition coefficient (Wildman–Crippen LogP) is 3.37. The first-order valence-corrected chi connectivity index (χ1v) is 9.28. The van der Waals surface area contributed by atoms with Crippen molar-refractivity contribution in [2.24, 2.45) is 0 Å². The van der Waals surface area contributed by atoms with Crippen molar-refractivity contribution in [3.05, 3.63) is 54.1 Å². The molecule has 0 saturated heterocycles. The summed E-state index contributed by atoms with van der Waals surface area (Å²) in [5, 5.41) is 2.23. The van der Waals surface area contributed by atoms with E-state index in [1.165, 1.54) is 13.2 Å². The molecule has 0 radical (unpaired) electrons. The molecule has 2 aromatic carbocycles. The lowest BCUT2D eigenvalue weighted by molar-refractivity contribution is -0.134. The maximum Gasteiger partial charge on any atom is 0.260 e. The molecule has 2 aromatic rings. The number of ether oxygens (including phenoxy) is 2. The van der Waals surface area contributed by atoms with Crippen LogP contribution < -0.4 is 14.8 Å². The summed E-state index contributed by atoms with van der Waals surface area (Å²) in [6.45, 7) is -0.0544. The Morgan fingerprint density at radius 3 is 2.34 bits per heavy atom. The van der Waals surface area contributed by atoms with Crippen molar-refractivity contribution >= 4 is 17.5 Å². The molecule has 3 rings (SSSR count). The van der Waals surface area contributed by atoms with Gasteiger partial charge in [-0.2, -0.15) is 0 Å². The van der Waals surface area contributed by atoms with Crippen molar-refractivity contribution in [3.8, 4) is 11.5 Å². The number of para-hydroxylation sites is 3. The van der Waals surface area contributed by atoms with Gasteiger partial charge in [-0.05, 0) is 37.1 Å². The molecular weight excluding hydrogens is 382 g/mol. The molecule has 0 aromatic heterocycles. The number of carbonyl (C=O) groups is 2. The minimum Gasteiger partial charge on any atom is -0.493 e. The second-order valence-electron chi connectivity index (χ2n) is 6.65. The summed E-state index contributed by atoms with van der Waals surface area (Å²) in [6.07, 6.45) is 1.62. The maximum absolute atomic E-state index is 13.7. The molecule has 0 spiro atoms. The van der Waals surface area contributed by atoms with E-state index < -0.39 is 23.2 Å². The number of nitrogens with zero attached hydrogens (tertiary/aromatic N) is 1. The number of methoxy groups -OCH3 is 1. The molecule has 29 heavy (non-hydrogen) atoms. The smallest absolute Gasteiger partial charge is 0.260 e. The van der Waals surface area contributed by atoms with Gasteiger partial charge in [0.05, 0.1) is 7.11 Å². The van der Waals surface area contributed by atoms with Gasteiger partial charge < -0.3 is 19.7 Å². The summed E-state index contributed by atoms with van der Waals surface area (Å²) in [4.78, 5) is 26.3. The fourth-order valence-corrected chi connectivity index (χ4v) is 2.90. The molecule has 8 heteroatoms. The van der Waals surface area contributed by atoms with Gasteiger partial charge in [0, 0.05) is 19.0 Å².